The van der Waals surface area contributed by atoms with E-state index in [0.717, 1.165) is 26.1 Å². The third kappa shape index (κ3) is 3.69. The van der Waals surface area contributed by atoms with E-state index in [1.54, 1.807) is 0 Å². The Morgan fingerprint density at radius 1 is 1.18 bits per heavy atom. The predicted octanol–water partition coefficient (Wildman–Crippen LogP) is 1.24. The Balaban J connectivity index is 1.96. The van der Waals surface area contributed by atoms with Crippen LogP contribution in [-0.4, -0.2) is 54.3 Å². The van der Waals surface area contributed by atoms with Crippen LogP contribution < -0.4 is 5.73 Å². The van der Waals surface area contributed by atoms with Crippen molar-refractivity contribution in [2.45, 2.75) is 34.1 Å². The maximum atomic E-state index is 12.8. The van der Waals surface area contributed by atoms with E-state index < -0.39 is 0 Å². The molecule has 0 spiro atoms. The number of nitrogens with zero attached hydrogens (tertiary/aromatic N) is 2. The second-order valence-electron chi connectivity index (χ2n) is 7.49. The Kier molecular flexibility index (Phi) is 4.95. The van der Waals surface area contributed by atoms with Gasteiger partial charge in [-0.1, -0.05) is 25.5 Å². The van der Waals surface area contributed by atoms with Crippen LogP contribution in [0.5, 0.6) is 0 Å². The Labute approximate surface area is 133 Å². The highest BCUT2D eigenvalue weighted by molar-refractivity contribution is 5.84. The molecule has 0 aromatic carbocycles. The van der Waals surface area contributed by atoms with Crippen LogP contribution in [0.15, 0.2) is 11.6 Å². The highest BCUT2D eigenvalue weighted by Gasteiger charge is 2.61. The highest BCUT2D eigenvalue weighted by Crippen LogP contribution is 2.60. The van der Waals surface area contributed by atoms with Gasteiger partial charge in [0.1, 0.15) is 0 Å². The highest BCUT2D eigenvalue weighted by atomic mass is 16.2. The largest absolute Gasteiger partial charge is 0.369 e. The topological polar surface area (TPSA) is 66.6 Å². The van der Waals surface area contributed by atoms with Crippen LogP contribution in [0.1, 0.15) is 34.1 Å². The van der Waals surface area contributed by atoms with Crippen molar-refractivity contribution in [1.82, 2.24) is 9.80 Å². The summed E-state index contributed by atoms with van der Waals surface area (Å²) < 4.78 is 0. The summed E-state index contributed by atoms with van der Waals surface area (Å²) in [5.41, 5.74) is 6.60. The monoisotopic (exact) mass is 307 g/mol. The second-order valence-corrected chi connectivity index (χ2v) is 7.49. The van der Waals surface area contributed by atoms with Crippen LogP contribution in [0.4, 0.5) is 0 Å². The minimum absolute atomic E-state index is 0.0631. The average Bonchev–Trinajstić information content (AvgIpc) is 3.00. The molecule has 2 fully saturated rings. The zero-order valence-electron chi connectivity index (χ0n) is 14.3. The molecular weight excluding hydrogens is 278 g/mol. The average molecular weight is 307 g/mol. The fraction of sp³-hybridized carbons (Fsp3) is 0.765. The minimum atomic E-state index is -0.299. The van der Waals surface area contributed by atoms with Gasteiger partial charge in [0.2, 0.25) is 11.8 Å². The molecule has 0 aromatic heterocycles. The van der Waals surface area contributed by atoms with Crippen molar-refractivity contribution in [3.05, 3.63) is 11.6 Å². The summed E-state index contributed by atoms with van der Waals surface area (Å²) in [5.74, 6) is 0.431. The molecule has 0 aromatic rings. The minimum Gasteiger partial charge on any atom is -0.369 e. The van der Waals surface area contributed by atoms with Crippen molar-refractivity contribution >= 4 is 11.8 Å². The van der Waals surface area contributed by atoms with Crippen LogP contribution in [0.25, 0.3) is 0 Å². The molecule has 0 unspecified atom stereocenters. The molecule has 22 heavy (non-hydrogen) atoms. The van der Waals surface area contributed by atoms with E-state index in [-0.39, 0.29) is 29.7 Å². The molecule has 0 bridgehead atoms. The molecule has 2 N–H and O–H groups in total. The van der Waals surface area contributed by atoms with Gasteiger partial charge in [0.15, 0.2) is 0 Å². The van der Waals surface area contributed by atoms with Crippen LogP contribution in [0, 0.1) is 17.3 Å². The van der Waals surface area contributed by atoms with Gasteiger partial charge in [-0.05, 0) is 31.6 Å². The first-order chi connectivity index (χ1) is 10.2. The van der Waals surface area contributed by atoms with Gasteiger partial charge >= 0.3 is 0 Å². The molecule has 2 aliphatic rings. The fourth-order valence-electron chi connectivity index (χ4n) is 3.59. The van der Waals surface area contributed by atoms with Crippen molar-refractivity contribution < 1.29 is 9.59 Å². The van der Waals surface area contributed by atoms with E-state index in [9.17, 15) is 9.59 Å². The van der Waals surface area contributed by atoms with E-state index >= 15 is 0 Å². The standard InChI is InChI=1S/C17H29N3O2/c1-12(2)10-13-15(17(13,3)4)16(22)20-7-5-6-19(8-9-20)11-14(18)21/h10,13,15H,5-9,11H2,1-4H3,(H2,18,21)/t13-,15-/m0/s1. The molecule has 1 saturated carbocycles. The summed E-state index contributed by atoms with van der Waals surface area (Å²) in [4.78, 5) is 27.9. The van der Waals surface area contributed by atoms with E-state index in [2.05, 4.69) is 33.8 Å². The molecule has 1 saturated heterocycles. The zero-order chi connectivity index (χ0) is 16.5. The number of hydrogen-bond donors (Lipinski definition) is 1. The summed E-state index contributed by atoms with van der Waals surface area (Å²) >= 11 is 0. The lowest BCUT2D eigenvalue weighted by Crippen LogP contribution is -2.39. The van der Waals surface area contributed by atoms with Crippen LogP contribution in [0.2, 0.25) is 0 Å². The first-order valence-corrected chi connectivity index (χ1v) is 8.18. The summed E-state index contributed by atoms with van der Waals surface area (Å²) in [7, 11) is 0. The molecule has 1 aliphatic heterocycles. The molecule has 0 radical (unpaired) electrons. The Morgan fingerprint density at radius 3 is 2.45 bits per heavy atom. The van der Waals surface area contributed by atoms with Crippen molar-refractivity contribution in [1.29, 1.82) is 0 Å². The lowest BCUT2D eigenvalue weighted by molar-refractivity contribution is -0.133. The quantitative estimate of drug-likeness (QED) is 0.795. The Bertz CT molecular complexity index is 480. The first kappa shape index (κ1) is 17.0. The molecule has 2 atom stereocenters. The molecule has 1 aliphatic carbocycles. The SMILES string of the molecule is CC(C)=C[C@H]1[C@@H](C(=O)N2CCCN(CC(N)=O)CC2)C1(C)C. The lowest BCUT2D eigenvalue weighted by Gasteiger charge is -2.22. The van der Waals surface area contributed by atoms with E-state index in [0.29, 0.717) is 12.5 Å². The lowest BCUT2D eigenvalue weighted by atomic mass is 10.1. The maximum absolute atomic E-state index is 12.8. The summed E-state index contributed by atoms with van der Waals surface area (Å²) in [6, 6.07) is 0. The van der Waals surface area contributed by atoms with Gasteiger partial charge < -0.3 is 10.6 Å². The molecular formula is C17H29N3O2. The van der Waals surface area contributed by atoms with Crippen molar-refractivity contribution in [2.75, 3.05) is 32.7 Å². The van der Waals surface area contributed by atoms with Gasteiger partial charge in [0, 0.05) is 26.2 Å². The Hall–Kier alpha value is -1.36. The predicted molar refractivity (Wildman–Crippen MR) is 87.0 cm³/mol. The summed E-state index contributed by atoms with van der Waals surface area (Å²) in [6.45, 7) is 11.9. The smallest absolute Gasteiger partial charge is 0.231 e. The molecule has 5 heteroatoms. The molecule has 2 rings (SSSR count). The number of carbonyl (C=O) groups is 2. The van der Waals surface area contributed by atoms with Crippen molar-refractivity contribution in [2.24, 2.45) is 23.0 Å². The summed E-state index contributed by atoms with van der Waals surface area (Å²) in [6.07, 6.45) is 3.14. The fourth-order valence-corrected chi connectivity index (χ4v) is 3.59. The van der Waals surface area contributed by atoms with Gasteiger partial charge in [-0.3, -0.25) is 14.5 Å². The van der Waals surface area contributed by atoms with Gasteiger partial charge in [0.25, 0.3) is 0 Å². The third-order valence-corrected chi connectivity index (χ3v) is 4.97. The number of nitrogens with two attached hydrogens (primary N) is 1. The molecule has 1 heterocycles. The number of hydrogen-bond acceptors (Lipinski definition) is 3. The third-order valence-electron chi connectivity index (χ3n) is 4.97. The summed E-state index contributed by atoms with van der Waals surface area (Å²) in [5, 5.41) is 0. The van der Waals surface area contributed by atoms with Crippen LogP contribution in [-0.2, 0) is 9.59 Å². The second kappa shape index (κ2) is 6.41. The molecule has 124 valence electrons. The van der Waals surface area contributed by atoms with Crippen molar-refractivity contribution in [3.8, 4) is 0 Å². The maximum Gasteiger partial charge on any atom is 0.231 e. The number of amides is 2. The van der Waals surface area contributed by atoms with E-state index in [1.807, 2.05) is 9.80 Å². The van der Waals surface area contributed by atoms with Crippen molar-refractivity contribution in [3.63, 3.8) is 0 Å². The van der Waals surface area contributed by atoms with Gasteiger partial charge in [-0.2, -0.15) is 0 Å². The number of primary amides is 1. The van der Waals surface area contributed by atoms with Gasteiger partial charge in [-0.25, -0.2) is 0 Å². The van der Waals surface area contributed by atoms with Crippen LogP contribution >= 0.6 is 0 Å². The normalized spacial score (nSPS) is 27.9. The molecule has 5 nitrogen and oxygen atoms in total. The number of carbonyl (C=O) groups excluding carboxylic acids is 2. The molecule has 2 amide bonds. The van der Waals surface area contributed by atoms with E-state index in [4.69, 9.17) is 5.73 Å². The Morgan fingerprint density at radius 2 is 1.86 bits per heavy atom. The van der Waals surface area contributed by atoms with Gasteiger partial charge in [0.05, 0.1) is 12.5 Å². The first-order valence-electron chi connectivity index (χ1n) is 8.18. The van der Waals surface area contributed by atoms with Gasteiger partial charge in [-0.15, -0.1) is 0 Å². The van der Waals surface area contributed by atoms with Crippen LogP contribution in [0.3, 0.4) is 0 Å². The number of allylic oxidation sites excluding steroid dienone is 2. The zero-order valence-corrected chi connectivity index (χ0v) is 14.3. The number of rotatable bonds is 4. The van der Waals surface area contributed by atoms with E-state index in [1.165, 1.54) is 5.57 Å².